The fourth-order valence-corrected chi connectivity index (χ4v) is 6.87. The molecule has 0 N–H and O–H groups in total. The predicted molar refractivity (Wildman–Crippen MR) is 162 cm³/mol. The smallest absolute Gasteiger partial charge is 0.121 e. The zero-order valence-corrected chi connectivity index (χ0v) is 23.2. The summed E-state index contributed by atoms with van der Waals surface area (Å²) in [4.78, 5) is 5.04. The van der Waals surface area contributed by atoms with Gasteiger partial charge in [0.1, 0.15) is 5.54 Å². The Bertz CT molecular complexity index is 1210. The van der Waals surface area contributed by atoms with E-state index < -0.39 is 5.54 Å². The van der Waals surface area contributed by atoms with E-state index in [0.29, 0.717) is 5.92 Å². The fraction of sp³-hybridized carbons (Fsp3) is 0.378. The van der Waals surface area contributed by atoms with Crippen molar-refractivity contribution < 1.29 is 0 Å². The van der Waals surface area contributed by atoms with Gasteiger partial charge >= 0.3 is 0 Å². The van der Waals surface area contributed by atoms with Crippen molar-refractivity contribution in [3.05, 3.63) is 138 Å². The summed E-state index contributed by atoms with van der Waals surface area (Å²) in [5, 5.41) is 0. The highest BCUT2D eigenvalue weighted by Gasteiger charge is 2.38. The molecule has 2 nitrogen and oxygen atoms in total. The number of hydrogen-bond acceptors (Lipinski definition) is 1. The normalized spacial score (nSPS) is 17.4. The number of benzene rings is 3. The highest BCUT2D eigenvalue weighted by molar-refractivity contribution is 5.50. The largest absolute Gasteiger partial charge is 0.319 e. The van der Waals surface area contributed by atoms with Crippen LogP contribution >= 0.6 is 0 Å². The Morgan fingerprint density at radius 2 is 1.31 bits per heavy atom. The van der Waals surface area contributed by atoms with Gasteiger partial charge in [-0.1, -0.05) is 135 Å². The van der Waals surface area contributed by atoms with E-state index in [4.69, 9.17) is 4.98 Å². The predicted octanol–water partition coefficient (Wildman–Crippen LogP) is 9.21. The zero-order valence-electron chi connectivity index (χ0n) is 23.2. The number of imidazole rings is 1. The quantitative estimate of drug-likeness (QED) is 0.144. The second kappa shape index (κ2) is 12.2. The van der Waals surface area contributed by atoms with Gasteiger partial charge in [0, 0.05) is 6.20 Å². The summed E-state index contributed by atoms with van der Waals surface area (Å²) in [7, 11) is 0. The molecular weight excluding hydrogens is 472 g/mol. The standard InChI is InChI=1S/C37H42N2/c1-5-15-30(16-6-1)17-13-14-18-32(31-25-26-31)27-36-28-39(29-38-36)37(33-19-7-2-8-20-33,34-21-9-3-10-22-34)35-23-11-4-12-24-35/h2-4,7-12,14,18-24,28-32H,1,5-6,13,15-17,25-27H2/b18-14+/t32-/m1/s1. The summed E-state index contributed by atoms with van der Waals surface area (Å²) in [6.45, 7) is 0. The zero-order chi connectivity index (χ0) is 26.3. The molecule has 1 atom stereocenters. The maximum Gasteiger partial charge on any atom is 0.121 e. The number of aromatic nitrogens is 2. The molecule has 2 aliphatic carbocycles. The van der Waals surface area contributed by atoms with E-state index >= 15 is 0 Å². The average molecular weight is 515 g/mol. The van der Waals surface area contributed by atoms with Gasteiger partial charge in [-0.05, 0) is 66.5 Å². The molecule has 0 unspecified atom stereocenters. The van der Waals surface area contributed by atoms with Crippen LogP contribution in [0.15, 0.2) is 116 Å². The van der Waals surface area contributed by atoms with Crippen molar-refractivity contribution in [2.75, 3.05) is 0 Å². The fourth-order valence-electron chi connectivity index (χ4n) is 6.87. The summed E-state index contributed by atoms with van der Waals surface area (Å²) < 4.78 is 2.36. The van der Waals surface area contributed by atoms with Crippen molar-refractivity contribution in [2.45, 2.75) is 69.7 Å². The lowest BCUT2D eigenvalue weighted by Gasteiger charge is -2.37. The monoisotopic (exact) mass is 514 g/mol. The van der Waals surface area contributed by atoms with Crippen molar-refractivity contribution in [1.29, 1.82) is 0 Å². The van der Waals surface area contributed by atoms with Crippen LogP contribution < -0.4 is 0 Å². The molecule has 6 rings (SSSR count). The van der Waals surface area contributed by atoms with Gasteiger partial charge in [-0.3, -0.25) is 0 Å². The molecule has 200 valence electrons. The van der Waals surface area contributed by atoms with Crippen LogP contribution in [0, 0.1) is 17.8 Å². The van der Waals surface area contributed by atoms with Crippen LogP contribution in [0.2, 0.25) is 0 Å². The Morgan fingerprint density at radius 1 is 0.744 bits per heavy atom. The Hall–Kier alpha value is -3.39. The molecule has 0 aliphatic heterocycles. The number of rotatable bonds is 11. The minimum atomic E-state index is -0.486. The average Bonchev–Trinajstić information content (AvgIpc) is 3.76. The minimum absolute atomic E-state index is 0.486. The summed E-state index contributed by atoms with van der Waals surface area (Å²) in [5.74, 6) is 2.38. The molecule has 4 aromatic rings. The topological polar surface area (TPSA) is 17.8 Å². The van der Waals surface area contributed by atoms with Crippen molar-refractivity contribution in [3.8, 4) is 0 Å². The van der Waals surface area contributed by atoms with E-state index in [1.165, 1.54) is 80.2 Å². The van der Waals surface area contributed by atoms with Crippen LogP contribution in [0.5, 0.6) is 0 Å². The Labute approximate surface area is 234 Å². The van der Waals surface area contributed by atoms with E-state index in [9.17, 15) is 0 Å². The van der Waals surface area contributed by atoms with Crippen molar-refractivity contribution in [3.63, 3.8) is 0 Å². The van der Waals surface area contributed by atoms with Crippen molar-refractivity contribution in [1.82, 2.24) is 9.55 Å². The lowest BCUT2D eigenvalue weighted by Crippen LogP contribution is -2.36. The molecule has 2 fully saturated rings. The summed E-state index contributed by atoms with van der Waals surface area (Å²) in [5.41, 5.74) is 4.43. The molecule has 39 heavy (non-hydrogen) atoms. The highest BCUT2D eigenvalue weighted by Crippen LogP contribution is 2.42. The Morgan fingerprint density at radius 3 is 1.85 bits per heavy atom. The van der Waals surface area contributed by atoms with Crippen LogP contribution in [0.1, 0.15) is 80.2 Å². The van der Waals surface area contributed by atoms with Crippen molar-refractivity contribution >= 4 is 0 Å². The molecule has 1 heterocycles. The molecule has 3 aromatic carbocycles. The molecular formula is C37H42N2. The van der Waals surface area contributed by atoms with E-state index in [2.05, 4.69) is 120 Å². The van der Waals surface area contributed by atoms with Gasteiger partial charge in [0.15, 0.2) is 0 Å². The van der Waals surface area contributed by atoms with Gasteiger partial charge in [0.05, 0.1) is 12.0 Å². The van der Waals surface area contributed by atoms with E-state index in [1.54, 1.807) is 0 Å². The molecule has 0 radical (unpaired) electrons. The molecule has 0 saturated heterocycles. The molecule has 2 aliphatic rings. The Kier molecular flexibility index (Phi) is 8.09. The van der Waals surface area contributed by atoms with Crippen LogP contribution in [-0.4, -0.2) is 9.55 Å². The first-order valence-electron chi connectivity index (χ1n) is 15.2. The maximum absolute atomic E-state index is 5.04. The second-order valence-corrected chi connectivity index (χ2v) is 11.8. The van der Waals surface area contributed by atoms with E-state index in [1.807, 2.05) is 0 Å². The molecule has 0 bridgehead atoms. The highest BCUT2D eigenvalue weighted by atomic mass is 15.1. The van der Waals surface area contributed by atoms with Gasteiger partial charge in [0.2, 0.25) is 0 Å². The van der Waals surface area contributed by atoms with Crippen LogP contribution in [0.3, 0.4) is 0 Å². The Balaban J connectivity index is 1.30. The number of allylic oxidation sites excluding steroid dienone is 2. The van der Waals surface area contributed by atoms with E-state index in [0.717, 1.165) is 18.3 Å². The van der Waals surface area contributed by atoms with Crippen molar-refractivity contribution in [2.24, 2.45) is 17.8 Å². The lowest BCUT2D eigenvalue weighted by atomic mass is 9.77. The number of nitrogens with zero attached hydrogens (tertiary/aromatic N) is 2. The first-order valence-corrected chi connectivity index (χ1v) is 15.2. The maximum atomic E-state index is 5.04. The second-order valence-electron chi connectivity index (χ2n) is 11.8. The van der Waals surface area contributed by atoms with Gasteiger partial charge in [-0.25, -0.2) is 4.98 Å². The summed E-state index contributed by atoms with van der Waals surface area (Å²) in [6, 6.07) is 32.7. The molecule has 0 amide bonds. The first kappa shape index (κ1) is 25.9. The molecule has 2 heteroatoms. The van der Waals surface area contributed by atoms with E-state index in [-0.39, 0.29) is 0 Å². The van der Waals surface area contributed by atoms with Crippen LogP contribution in [0.4, 0.5) is 0 Å². The van der Waals surface area contributed by atoms with Gasteiger partial charge in [0.25, 0.3) is 0 Å². The molecule has 0 spiro atoms. The minimum Gasteiger partial charge on any atom is -0.319 e. The molecule has 2 saturated carbocycles. The van der Waals surface area contributed by atoms with Crippen LogP contribution in [0.25, 0.3) is 0 Å². The SMILES string of the molecule is C(=C\[C@H](Cc1cn(C(c2ccccc2)(c2ccccc2)c2ccccc2)cn1)C1CC1)/CCC1CCCCC1. The third-order valence-corrected chi connectivity index (χ3v) is 9.12. The van der Waals surface area contributed by atoms with Gasteiger partial charge in [-0.2, -0.15) is 0 Å². The third kappa shape index (κ3) is 5.81. The first-order chi connectivity index (χ1) is 19.3. The molecule has 1 aromatic heterocycles. The third-order valence-electron chi connectivity index (χ3n) is 9.12. The van der Waals surface area contributed by atoms with Gasteiger partial charge in [-0.15, -0.1) is 0 Å². The number of hydrogen-bond donors (Lipinski definition) is 0. The summed E-state index contributed by atoms with van der Waals surface area (Å²) in [6.07, 6.45) is 23.0. The van der Waals surface area contributed by atoms with Crippen LogP contribution in [-0.2, 0) is 12.0 Å². The summed E-state index contributed by atoms with van der Waals surface area (Å²) >= 11 is 0. The lowest BCUT2D eigenvalue weighted by molar-refractivity contribution is 0.341. The van der Waals surface area contributed by atoms with Gasteiger partial charge < -0.3 is 4.57 Å².